The first kappa shape index (κ1) is 40.9. The summed E-state index contributed by atoms with van der Waals surface area (Å²) in [6.45, 7) is 2.04. The van der Waals surface area contributed by atoms with Gasteiger partial charge in [-0.2, -0.15) is 6.08 Å². The first-order chi connectivity index (χ1) is 24.3. The standard InChI is InChI=1S/C17H11.2C12H10.C5H5.C2H4.2ClH.Zr/c1-3-7-14-12(5-1)9-10-16-15-8-4-2-6-13(15)11-17(14)16;2*1-3-7-11(8-4-1)12-9-5-2-6-10-12;1-2-4-5-3-1;1-2;;;/h1-11H;2*1-10H;1-3H,4H2;1H,2H3;2*1H;/q-1;;;-1;;;;+2/p-2. The molecule has 0 fully saturated rings. The van der Waals surface area contributed by atoms with Crippen LogP contribution in [0.3, 0.4) is 0 Å². The Kier molecular flexibility index (Phi) is 18.5. The second-order valence-electron chi connectivity index (χ2n) is 11.2. The van der Waals surface area contributed by atoms with Crippen LogP contribution in [0.15, 0.2) is 206 Å². The molecule has 51 heavy (non-hydrogen) atoms. The number of hydrogen-bond acceptors (Lipinski definition) is 0. The van der Waals surface area contributed by atoms with E-state index in [4.69, 9.17) is 0 Å². The molecular weight excluding hydrogens is 739 g/mol. The van der Waals surface area contributed by atoms with Gasteiger partial charge in [-0.3, -0.25) is 6.08 Å². The molecule has 0 atom stereocenters. The van der Waals surface area contributed by atoms with Crippen molar-refractivity contribution >= 4 is 36.0 Å². The van der Waals surface area contributed by atoms with Gasteiger partial charge in [0.25, 0.3) is 0 Å². The van der Waals surface area contributed by atoms with Gasteiger partial charge < -0.3 is 24.8 Å². The maximum absolute atomic E-state index is 2.99. The summed E-state index contributed by atoms with van der Waals surface area (Å²) in [6, 6.07) is 65.5. The minimum Gasteiger partial charge on any atom is -1.00 e. The Morgan fingerprint density at radius 3 is 1.31 bits per heavy atom. The van der Waals surface area contributed by atoms with E-state index in [1.54, 1.807) is 0 Å². The Morgan fingerprint density at radius 1 is 0.490 bits per heavy atom. The van der Waals surface area contributed by atoms with Gasteiger partial charge in [0.2, 0.25) is 0 Å². The third-order valence-corrected chi connectivity index (χ3v) is 7.87. The maximum atomic E-state index is 2.99. The molecule has 9 rings (SSSR count). The summed E-state index contributed by atoms with van der Waals surface area (Å²) in [5, 5.41) is 8.08. The summed E-state index contributed by atoms with van der Waals surface area (Å²) in [4.78, 5) is 0. The molecule has 0 aliphatic heterocycles. The molecule has 8 aromatic rings. The Hall–Kier alpha value is -4.52. The average Bonchev–Trinajstić information content (AvgIpc) is 3.90. The third kappa shape index (κ3) is 12.3. The Labute approximate surface area is 330 Å². The molecule has 0 aromatic heterocycles. The normalized spacial score (nSPS) is 10.4. The summed E-state index contributed by atoms with van der Waals surface area (Å²) < 4.78 is 2.09. The molecule has 1 aliphatic rings. The average molecular weight is 779 g/mol. The SMILES string of the molecule is C[CH]=[Zr+2].[C-]1=CC=CC1.[Cl-].[Cl-].c1ccc(-c2ccccc2)cc1.c1ccc(-c2ccccc2)cc1.c1ccc2c(c1)ccc1c3ccccc3[cH-]c21. The Bertz CT molecular complexity index is 2040. The van der Waals surface area contributed by atoms with Crippen LogP contribution < -0.4 is 24.8 Å². The van der Waals surface area contributed by atoms with E-state index >= 15 is 0 Å². The van der Waals surface area contributed by atoms with Crippen LogP contribution in [0, 0.1) is 6.08 Å². The molecule has 8 aromatic carbocycles. The number of halogens is 2. The van der Waals surface area contributed by atoms with Crippen LogP contribution >= 0.6 is 0 Å². The molecule has 0 amide bonds. The molecule has 0 unspecified atom stereocenters. The molecule has 3 heteroatoms. The molecule has 0 saturated heterocycles. The number of allylic oxidation sites excluding steroid dienone is 4. The van der Waals surface area contributed by atoms with Gasteiger partial charge in [-0.1, -0.05) is 187 Å². The van der Waals surface area contributed by atoms with E-state index < -0.39 is 0 Å². The quantitative estimate of drug-likeness (QED) is 0.163. The van der Waals surface area contributed by atoms with E-state index in [2.05, 4.69) is 180 Å². The first-order valence-corrected chi connectivity index (χ1v) is 18.0. The fourth-order valence-electron chi connectivity index (χ4n) is 5.57. The van der Waals surface area contributed by atoms with Crippen LogP contribution in [0.2, 0.25) is 0 Å². The topological polar surface area (TPSA) is 0 Å². The fourth-order valence-corrected chi connectivity index (χ4v) is 5.57. The molecule has 0 saturated carbocycles. The van der Waals surface area contributed by atoms with Gasteiger partial charge in [0.15, 0.2) is 0 Å². The summed E-state index contributed by atoms with van der Waals surface area (Å²) in [6.07, 6.45) is 10.0. The number of rotatable bonds is 2. The smallest absolute Gasteiger partial charge is 0.0184 e. The van der Waals surface area contributed by atoms with Crippen LogP contribution in [0.4, 0.5) is 0 Å². The molecule has 0 nitrogen and oxygen atoms in total. The van der Waals surface area contributed by atoms with Gasteiger partial charge in [0.1, 0.15) is 0 Å². The van der Waals surface area contributed by atoms with Crippen LogP contribution in [-0.2, 0) is 24.2 Å². The predicted molar refractivity (Wildman–Crippen MR) is 212 cm³/mol. The van der Waals surface area contributed by atoms with E-state index in [1.807, 2.05) is 43.3 Å². The maximum Gasteiger partial charge on any atom is -0.0184 e. The van der Waals surface area contributed by atoms with Crippen molar-refractivity contribution in [3.05, 3.63) is 212 Å². The third-order valence-electron chi connectivity index (χ3n) is 7.87. The molecular formula is C48H40Cl2Zr-2. The van der Waals surface area contributed by atoms with E-state index in [9.17, 15) is 0 Å². The van der Waals surface area contributed by atoms with Crippen molar-refractivity contribution in [2.75, 3.05) is 0 Å². The molecule has 0 bridgehead atoms. The van der Waals surface area contributed by atoms with Gasteiger partial charge in [-0.05, 0) is 22.3 Å². The van der Waals surface area contributed by atoms with Gasteiger partial charge in [0.05, 0.1) is 0 Å². The van der Waals surface area contributed by atoms with E-state index in [0.29, 0.717) is 0 Å². The summed E-state index contributed by atoms with van der Waals surface area (Å²) >= 11 is 1.51. The van der Waals surface area contributed by atoms with Crippen LogP contribution in [0.1, 0.15) is 13.3 Å². The largest absolute Gasteiger partial charge is 1.00 e. The van der Waals surface area contributed by atoms with Crippen molar-refractivity contribution in [3.63, 3.8) is 0 Å². The van der Waals surface area contributed by atoms with Gasteiger partial charge in [-0.15, -0.1) is 40.1 Å². The Morgan fingerprint density at radius 2 is 0.902 bits per heavy atom. The Balaban J connectivity index is 0.000000186. The first-order valence-electron chi connectivity index (χ1n) is 16.6. The zero-order valence-electron chi connectivity index (χ0n) is 28.7. The molecule has 252 valence electrons. The van der Waals surface area contributed by atoms with Crippen LogP contribution in [-0.4, -0.2) is 3.71 Å². The van der Waals surface area contributed by atoms with Gasteiger partial charge in [-0.25, -0.2) is 12.2 Å². The van der Waals surface area contributed by atoms with E-state index in [-0.39, 0.29) is 24.8 Å². The zero-order valence-corrected chi connectivity index (χ0v) is 32.6. The van der Waals surface area contributed by atoms with Crippen molar-refractivity contribution in [2.24, 2.45) is 0 Å². The molecule has 0 radical (unpaired) electrons. The van der Waals surface area contributed by atoms with Crippen LogP contribution in [0.25, 0.3) is 54.6 Å². The van der Waals surface area contributed by atoms with Crippen molar-refractivity contribution in [1.29, 1.82) is 0 Å². The summed E-state index contributed by atoms with van der Waals surface area (Å²) in [5.41, 5.74) is 5.10. The number of hydrogen-bond donors (Lipinski definition) is 0. The monoisotopic (exact) mass is 776 g/mol. The molecule has 0 N–H and O–H groups in total. The molecule has 0 heterocycles. The van der Waals surface area contributed by atoms with E-state index in [1.165, 1.54) is 78.8 Å². The minimum absolute atomic E-state index is 0. The number of benzene rings is 7. The zero-order chi connectivity index (χ0) is 33.9. The van der Waals surface area contributed by atoms with Crippen molar-refractivity contribution < 1.29 is 49.0 Å². The summed E-state index contributed by atoms with van der Waals surface area (Å²) in [7, 11) is 0. The minimum atomic E-state index is 0. The van der Waals surface area contributed by atoms with Gasteiger partial charge in [0, 0.05) is 0 Å². The fraction of sp³-hybridized carbons (Fsp3) is 0.0417. The second-order valence-corrected chi connectivity index (χ2v) is 12.7. The van der Waals surface area contributed by atoms with Gasteiger partial charge >= 0.3 is 34.9 Å². The number of fused-ring (bicyclic) bond motifs is 5. The van der Waals surface area contributed by atoms with E-state index in [0.717, 1.165) is 6.42 Å². The predicted octanol–water partition coefficient (Wildman–Crippen LogP) is 7.24. The van der Waals surface area contributed by atoms with Crippen LogP contribution in [0.5, 0.6) is 0 Å². The second kappa shape index (κ2) is 23.1. The molecule has 0 spiro atoms. The molecule has 1 aliphatic carbocycles. The van der Waals surface area contributed by atoms with Crippen molar-refractivity contribution in [3.8, 4) is 22.3 Å². The summed E-state index contributed by atoms with van der Waals surface area (Å²) in [5.74, 6) is 0. The van der Waals surface area contributed by atoms with Crippen molar-refractivity contribution in [1.82, 2.24) is 0 Å². The van der Waals surface area contributed by atoms with Crippen molar-refractivity contribution in [2.45, 2.75) is 13.3 Å².